The van der Waals surface area contributed by atoms with Gasteiger partial charge in [0.05, 0.1) is 7.11 Å². The second kappa shape index (κ2) is 5.05. The van der Waals surface area contributed by atoms with Gasteiger partial charge in [0.2, 0.25) is 0 Å². The number of aliphatic hydroxyl groups is 1. The fourth-order valence-electron chi connectivity index (χ4n) is 2.79. The van der Waals surface area contributed by atoms with E-state index in [2.05, 4.69) is 4.98 Å². The first-order valence-electron chi connectivity index (χ1n) is 6.38. The molecule has 1 aromatic rings. The third-order valence-electron chi connectivity index (χ3n) is 3.87. The highest BCUT2D eigenvalue weighted by atomic mass is 16.5. The maximum atomic E-state index is 10.8. The van der Waals surface area contributed by atoms with Crippen LogP contribution in [0.2, 0.25) is 0 Å². The smallest absolute Gasteiger partial charge is 0.143 e. The van der Waals surface area contributed by atoms with Crippen LogP contribution >= 0.6 is 0 Å². The van der Waals surface area contributed by atoms with Crippen molar-refractivity contribution in [1.29, 1.82) is 0 Å². The third kappa shape index (κ3) is 2.44. The molecule has 0 radical (unpaired) electrons. The topological polar surface area (TPSA) is 42.4 Å². The maximum Gasteiger partial charge on any atom is 0.143 e. The van der Waals surface area contributed by atoms with E-state index in [1.165, 1.54) is 19.3 Å². The van der Waals surface area contributed by atoms with Gasteiger partial charge in [-0.1, -0.05) is 19.3 Å². The van der Waals surface area contributed by atoms with Crippen LogP contribution in [-0.2, 0) is 5.60 Å². The second-order valence-electron chi connectivity index (χ2n) is 5.04. The SMILES string of the molecule is COc1cccnc1C(C)(O)C1CCCCC1. The zero-order valence-electron chi connectivity index (χ0n) is 10.6. The number of methoxy groups -OCH3 is 1. The normalized spacial score (nSPS) is 20.9. The first-order valence-corrected chi connectivity index (χ1v) is 6.38. The Morgan fingerprint density at radius 2 is 2.06 bits per heavy atom. The Balaban J connectivity index is 2.29. The Kier molecular flexibility index (Phi) is 3.67. The van der Waals surface area contributed by atoms with Crippen molar-refractivity contribution < 1.29 is 9.84 Å². The van der Waals surface area contributed by atoms with Gasteiger partial charge in [-0.2, -0.15) is 0 Å². The zero-order valence-corrected chi connectivity index (χ0v) is 10.6. The third-order valence-corrected chi connectivity index (χ3v) is 3.87. The predicted octanol–water partition coefficient (Wildman–Crippen LogP) is 2.88. The first-order chi connectivity index (χ1) is 8.16. The van der Waals surface area contributed by atoms with E-state index in [9.17, 15) is 5.11 Å². The molecular weight excluding hydrogens is 214 g/mol. The van der Waals surface area contributed by atoms with Crippen molar-refractivity contribution in [2.24, 2.45) is 5.92 Å². The number of pyridine rings is 1. The average molecular weight is 235 g/mol. The average Bonchev–Trinajstić information content (AvgIpc) is 2.39. The highest BCUT2D eigenvalue weighted by molar-refractivity contribution is 5.31. The van der Waals surface area contributed by atoms with Crippen LogP contribution in [0.5, 0.6) is 5.75 Å². The standard InChI is InChI=1S/C14H21NO2/c1-14(16,11-7-4-3-5-8-11)13-12(17-2)9-6-10-15-13/h6,9-11,16H,3-5,7-8H2,1-2H3. The molecule has 1 aromatic heterocycles. The summed E-state index contributed by atoms with van der Waals surface area (Å²) in [7, 11) is 1.62. The van der Waals surface area contributed by atoms with Crippen molar-refractivity contribution in [1.82, 2.24) is 4.98 Å². The molecule has 0 aromatic carbocycles. The summed E-state index contributed by atoms with van der Waals surface area (Å²) >= 11 is 0. The van der Waals surface area contributed by atoms with Crippen molar-refractivity contribution in [2.75, 3.05) is 7.11 Å². The van der Waals surface area contributed by atoms with Gasteiger partial charge in [0.1, 0.15) is 17.0 Å². The van der Waals surface area contributed by atoms with Gasteiger partial charge in [-0.25, -0.2) is 0 Å². The monoisotopic (exact) mass is 235 g/mol. The van der Waals surface area contributed by atoms with Crippen LogP contribution < -0.4 is 4.74 Å². The molecule has 1 aliphatic carbocycles. The molecule has 2 rings (SSSR count). The van der Waals surface area contributed by atoms with Crippen LogP contribution in [-0.4, -0.2) is 17.2 Å². The zero-order chi connectivity index (χ0) is 12.3. The van der Waals surface area contributed by atoms with E-state index in [0.717, 1.165) is 12.8 Å². The first kappa shape index (κ1) is 12.4. The van der Waals surface area contributed by atoms with Gasteiger partial charge in [0, 0.05) is 6.20 Å². The number of hydrogen-bond acceptors (Lipinski definition) is 3. The minimum absolute atomic E-state index is 0.292. The van der Waals surface area contributed by atoms with Gasteiger partial charge in [0.15, 0.2) is 0 Å². The molecule has 1 atom stereocenters. The largest absolute Gasteiger partial charge is 0.495 e. The number of nitrogens with zero attached hydrogens (tertiary/aromatic N) is 1. The lowest BCUT2D eigenvalue weighted by Gasteiger charge is -2.35. The Labute approximate surface area is 103 Å². The van der Waals surface area contributed by atoms with Crippen LogP contribution in [0, 0.1) is 5.92 Å². The van der Waals surface area contributed by atoms with Gasteiger partial charge in [-0.05, 0) is 37.8 Å². The summed E-state index contributed by atoms with van der Waals surface area (Å²) in [6, 6.07) is 3.69. The summed E-state index contributed by atoms with van der Waals surface area (Å²) < 4.78 is 5.30. The van der Waals surface area contributed by atoms with Gasteiger partial charge >= 0.3 is 0 Å². The van der Waals surface area contributed by atoms with E-state index in [1.54, 1.807) is 13.3 Å². The molecule has 0 spiro atoms. The van der Waals surface area contributed by atoms with Gasteiger partial charge in [-0.3, -0.25) is 4.98 Å². The van der Waals surface area contributed by atoms with Crippen LogP contribution in [0.4, 0.5) is 0 Å². The maximum absolute atomic E-state index is 10.8. The Hall–Kier alpha value is -1.09. The summed E-state index contributed by atoms with van der Waals surface area (Å²) in [5.41, 5.74) is -0.207. The molecule has 1 aliphatic rings. The predicted molar refractivity (Wildman–Crippen MR) is 66.9 cm³/mol. The van der Waals surface area contributed by atoms with Gasteiger partial charge in [0.25, 0.3) is 0 Å². The molecule has 0 bridgehead atoms. The quantitative estimate of drug-likeness (QED) is 0.876. The lowest BCUT2D eigenvalue weighted by atomic mass is 9.76. The molecule has 17 heavy (non-hydrogen) atoms. The molecule has 1 fully saturated rings. The fraction of sp³-hybridized carbons (Fsp3) is 0.643. The fourth-order valence-corrected chi connectivity index (χ4v) is 2.79. The van der Waals surface area contributed by atoms with Crippen molar-refractivity contribution >= 4 is 0 Å². The van der Waals surface area contributed by atoms with Crippen molar-refractivity contribution in [3.63, 3.8) is 0 Å². The van der Waals surface area contributed by atoms with E-state index in [-0.39, 0.29) is 0 Å². The van der Waals surface area contributed by atoms with Gasteiger partial charge < -0.3 is 9.84 Å². The molecule has 3 nitrogen and oxygen atoms in total. The molecule has 94 valence electrons. The molecule has 1 heterocycles. The highest BCUT2D eigenvalue weighted by Gasteiger charge is 2.37. The molecule has 0 aliphatic heterocycles. The van der Waals surface area contributed by atoms with Crippen LogP contribution in [0.1, 0.15) is 44.7 Å². The van der Waals surface area contributed by atoms with E-state index in [0.29, 0.717) is 17.4 Å². The van der Waals surface area contributed by atoms with Crippen LogP contribution in [0.15, 0.2) is 18.3 Å². The second-order valence-corrected chi connectivity index (χ2v) is 5.04. The van der Waals surface area contributed by atoms with Gasteiger partial charge in [-0.15, -0.1) is 0 Å². The molecule has 0 saturated heterocycles. The lowest BCUT2D eigenvalue weighted by Crippen LogP contribution is -2.34. The number of ether oxygens (including phenoxy) is 1. The molecule has 1 saturated carbocycles. The van der Waals surface area contributed by atoms with Crippen molar-refractivity contribution in [3.05, 3.63) is 24.0 Å². The molecule has 0 amide bonds. The lowest BCUT2D eigenvalue weighted by molar-refractivity contribution is -0.0270. The van der Waals surface area contributed by atoms with E-state index >= 15 is 0 Å². The Morgan fingerprint density at radius 3 is 2.71 bits per heavy atom. The minimum atomic E-state index is -0.882. The summed E-state index contributed by atoms with van der Waals surface area (Å²) in [6.07, 6.45) is 7.56. The number of hydrogen-bond donors (Lipinski definition) is 1. The van der Waals surface area contributed by atoms with Crippen molar-refractivity contribution in [3.8, 4) is 5.75 Å². The highest BCUT2D eigenvalue weighted by Crippen LogP contribution is 2.41. The summed E-state index contributed by atoms with van der Waals surface area (Å²) in [6.45, 7) is 1.87. The van der Waals surface area contributed by atoms with E-state index in [4.69, 9.17) is 4.74 Å². The Bertz CT molecular complexity index is 370. The summed E-state index contributed by atoms with van der Waals surface area (Å²) in [5.74, 6) is 0.975. The number of rotatable bonds is 3. The van der Waals surface area contributed by atoms with Crippen LogP contribution in [0.3, 0.4) is 0 Å². The number of aromatic nitrogens is 1. The molecular formula is C14H21NO2. The van der Waals surface area contributed by atoms with Crippen LogP contribution in [0.25, 0.3) is 0 Å². The molecule has 1 unspecified atom stereocenters. The van der Waals surface area contributed by atoms with Crippen molar-refractivity contribution in [2.45, 2.75) is 44.6 Å². The molecule has 1 N–H and O–H groups in total. The van der Waals surface area contributed by atoms with E-state index in [1.807, 2.05) is 19.1 Å². The minimum Gasteiger partial charge on any atom is -0.495 e. The summed E-state index contributed by atoms with van der Waals surface area (Å²) in [4.78, 5) is 4.32. The Morgan fingerprint density at radius 1 is 1.35 bits per heavy atom. The summed E-state index contributed by atoms with van der Waals surface area (Å²) in [5, 5.41) is 10.8. The van der Waals surface area contributed by atoms with E-state index < -0.39 is 5.60 Å². The molecule has 3 heteroatoms.